The Labute approximate surface area is 134 Å². The van der Waals surface area contributed by atoms with Crippen LogP contribution in [0.2, 0.25) is 0 Å². The number of phenolic OH excluding ortho intramolecular Hbond substituents is 1. The summed E-state index contributed by atoms with van der Waals surface area (Å²) in [6.07, 6.45) is 0. The molecule has 0 saturated heterocycles. The van der Waals surface area contributed by atoms with Crippen LogP contribution in [0.4, 0.5) is 5.69 Å². The summed E-state index contributed by atoms with van der Waals surface area (Å²) in [5.41, 5.74) is 1.98. The second-order valence-electron chi connectivity index (χ2n) is 6.58. The summed E-state index contributed by atoms with van der Waals surface area (Å²) < 4.78 is 5.55. The summed E-state index contributed by atoms with van der Waals surface area (Å²) in [6.45, 7) is 6.22. The zero-order valence-electron chi connectivity index (χ0n) is 13.4. The number of phenols is 1. The smallest absolute Gasteiger partial charge is 0.291 e. The van der Waals surface area contributed by atoms with Gasteiger partial charge in [0.25, 0.3) is 5.91 Å². The Bertz CT molecular complexity index is 839. The van der Waals surface area contributed by atoms with Gasteiger partial charge < -0.3 is 14.8 Å². The highest BCUT2D eigenvalue weighted by molar-refractivity contribution is 6.05. The minimum atomic E-state index is -0.387. The molecule has 23 heavy (non-hydrogen) atoms. The average Bonchev–Trinajstić information content (AvgIpc) is 2.92. The molecule has 0 saturated carbocycles. The first-order chi connectivity index (χ1) is 10.8. The van der Waals surface area contributed by atoms with Gasteiger partial charge >= 0.3 is 0 Å². The van der Waals surface area contributed by atoms with Gasteiger partial charge in [-0.1, -0.05) is 45.0 Å². The summed E-state index contributed by atoms with van der Waals surface area (Å²) in [6, 6.07) is 14.4. The maximum atomic E-state index is 12.4. The molecule has 2 N–H and O–H groups in total. The number of amides is 1. The maximum Gasteiger partial charge on any atom is 0.291 e. The van der Waals surface area contributed by atoms with E-state index in [1.54, 1.807) is 18.2 Å². The number of hydrogen-bond donors (Lipinski definition) is 2. The molecule has 1 amide bonds. The van der Waals surface area contributed by atoms with Gasteiger partial charge in [0.1, 0.15) is 11.3 Å². The van der Waals surface area contributed by atoms with Gasteiger partial charge in [-0.2, -0.15) is 0 Å². The van der Waals surface area contributed by atoms with E-state index in [0.29, 0.717) is 11.3 Å². The van der Waals surface area contributed by atoms with E-state index in [1.165, 1.54) is 0 Å². The summed E-state index contributed by atoms with van der Waals surface area (Å²) in [4.78, 5) is 12.4. The third-order valence-corrected chi connectivity index (χ3v) is 3.76. The van der Waals surface area contributed by atoms with Crippen LogP contribution in [0.15, 0.2) is 52.9 Å². The van der Waals surface area contributed by atoms with Crippen molar-refractivity contribution in [3.63, 3.8) is 0 Å². The summed E-state index contributed by atoms with van der Waals surface area (Å²) in [5, 5.41) is 13.6. The standard InChI is InChI=1S/C19H19NO3/c1-19(2,3)13-8-9-15(21)14(11-13)20-18(22)17-10-12-6-4-5-7-16(12)23-17/h4-11,21H,1-3H3,(H,20,22). The first-order valence-corrected chi connectivity index (χ1v) is 7.48. The number of fused-ring (bicyclic) bond motifs is 1. The Balaban J connectivity index is 1.90. The minimum absolute atomic E-state index is 0.0301. The van der Waals surface area contributed by atoms with Crippen LogP contribution in [0, 0.1) is 0 Å². The molecular weight excluding hydrogens is 290 g/mol. The predicted molar refractivity (Wildman–Crippen MR) is 91.0 cm³/mol. The van der Waals surface area contributed by atoms with Crippen molar-refractivity contribution in [2.75, 3.05) is 5.32 Å². The fourth-order valence-corrected chi connectivity index (χ4v) is 2.38. The molecule has 0 bridgehead atoms. The molecule has 3 rings (SSSR count). The molecule has 1 aromatic heterocycles. The lowest BCUT2D eigenvalue weighted by Gasteiger charge is -2.20. The Hall–Kier alpha value is -2.75. The molecule has 2 aromatic carbocycles. The quantitative estimate of drug-likeness (QED) is 0.675. The van der Waals surface area contributed by atoms with Gasteiger partial charge in [-0.3, -0.25) is 4.79 Å². The van der Waals surface area contributed by atoms with Gasteiger partial charge in [0.05, 0.1) is 5.69 Å². The van der Waals surface area contributed by atoms with Crippen molar-refractivity contribution in [3.8, 4) is 5.75 Å². The van der Waals surface area contributed by atoms with Crippen molar-refractivity contribution in [2.24, 2.45) is 0 Å². The summed E-state index contributed by atoms with van der Waals surface area (Å²) >= 11 is 0. The topological polar surface area (TPSA) is 62.5 Å². The van der Waals surface area contributed by atoms with E-state index in [-0.39, 0.29) is 22.8 Å². The lowest BCUT2D eigenvalue weighted by atomic mass is 9.87. The maximum absolute atomic E-state index is 12.4. The van der Waals surface area contributed by atoms with Crippen molar-refractivity contribution in [3.05, 3.63) is 59.9 Å². The van der Waals surface area contributed by atoms with Crippen molar-refractivity contribution in [1.82, 2.24) is 0 Å². The van der Waals surface area contributed by atoms with Gasteiger partial charge in [0.15, 0.2) is 5.76 Å². The van der Waals surface area contributed by atoms with E-state index in [0.717, 1.165) is 10.9 Å². The van der Waals surface area contributed by atoms with Gasteiger partial charge in [0, 0.05) is 5.39 Å². The van der Waals surface area contributed by atoms with Crippen molar-refractivity contribution >= 4 is 22.6 Å². The number of hydrogen-bond acceptors (Lipinski definition) is 3. The van der Waals surface area contributed by atoms with E-state index in [2.05, 4.69) is 26.1 Å². The van der Waals surface area contributed by atoms with Gasteiger partial charge in [0.2, 0.25) is 0 Å². The fourth-order valence-electron chi connectivity index (χ4n) is 2.38. The lowest BCUT2D eigenvalue weighted by Crippen LogP contribution is -2.14. The minimum Gasteiger partial charge on any atom is -0.506 e. The number of furan rings is 1. The van der Waals surface area contributed by atoms with E-state index in [4.69, 9.17) is 4.42 Å². The molecule has 3 aromatic rings. The van der Waals surface area contributed by atoms with Crippen molar-refractivity contribution < 1.29 is 14.3 Å². The first kappa shape index (κ1) is 15.2. The molecule has 0 aliphatic rings. The number of carbonyl (C=O) groups is 1. The van der Waals surface area contributed by atoms with Crippen LogP contribution in [0.5, 0.6) is 5.75 Å². The zero-order valence-corrected chi connectivity index (χ0v) is 13.4. The number of rotatable bonds is 2. The zero-order chi connectivity index (χ0) is 16.6. The number of anilines is 1. The Morgan fingerprint density at radius 2 is 1.83 bits per heavy atom. The third-order valence-electron chi connectivity index (χ3n) is 3.76. The molecule has 0 spiro atoms. The summed E-state index contributed by atoms with van der Waals surface area (Å²) in [5.74, 6) is -0.142. The Morgan fingerprint density at radius 3 is 2.52 bits per heavy atom. The van der Waals surface area contributed by atoms with Crippen LogP contribution in [0.25, 0.3) is 11.0 Å². The molecule has 4 nitrogen and oxygen atoms in total. The molecule has 0 aliphatic carbocycles. The normalized spacial score (nSPS) is 11.6. The Morgan fingerprint density at radius 1 is 1.09 bits per heavy atom. The highest BCUT2D eigenvalue weighted by Gasteiger charge is 2.18. The monoisotopic (exact) mass is 309 g/mol. The molecule has 0 unspecified atom stereocenters. The van der Waals surface area contributed by atoms with Crippen LogP contribution < -0.4 is 5.32 Å². The van der Waals surface area contributed by atoms with E-state index < -0.39 is 0 Å². The first-order valence-electron chi connectivity index (χ1n) is 7.48. The molecule has 0 atom stereocenters. The van der Waals surface area contributed by atoms with Crippen molar-refractivity contribution in [1.29, 1.82) is 0 Å². The van der Waals surface area contributed by atoms with Crippen LogP contribution >= 0.6 is 0 Å². The van der Waals surface area contributed by atoms with Crippen LogP contribution in [-0.4, -0.2) is 11.0 Å². The number of aromatic hydroxyl groups is 1. The second kappa shape index (κ2) is 5.47. The number of nitrogens with one attached hydrogen (secondary N) is 1. The lowest BCUT2D eigenvalue weighted by molar-refractivity contribution is 0.0998. The number of para-hydroxylation sites is 1. The highest BCUT2D eigenvalue weighted by atomic mass is 16.3. The van der Waals surface area contributed by atoms with E-state index in [1.807, 2.05) is 30.3 Å². The Kier molecular flexibility index (Phi) is 3.60. The average molecular weight is 309 g/mol. The predicted octanol–water partition coefficient (Wildman–Crippen LogP) is 4.69. The van der Waals surface area contributed by atoms with E-state index >= 15 is 0 Å². The van der Waals surface area contributed by atoms with Gasteiger partial charge in [-0.15, -0.1) is 0 Å². The van der Waals surface area contributed by atoms with Crippen LogP contribution in [0.3, 0.4) is 0 Å². The third kappa shape index (κ3) is 3.06. The van der Waals surface area contributed by atoms with Gasteiger partial charge in [-0.25, -0.2) is 0 Å². The number of benzene rings is 2. The molecule has 0 radical (unpaired) electrons. The second-order valence-corrected chi connectivity index (χ2v) is 6.58. The SMILES string of the molecule is CC(C)(C)c1ccc(O)c(NC(=O)c2cc3ccccc3o2)c1. The molecule has 118 valence electrons. The molecule has 4 heteroatoms. The fraction of sp³-hybridized carbons (Fsp3) is 0.211. The largest absolute Gasteiger partial charge is 0.506 e. The molecule has 0 fully saturated rings. The molecule has 0 aliphatic heterocycles. The molecule has 1 heterocycles. The molecular formula is C19H19NO3. The van der Waals surface area contributed by atoms with E-state index in [9.17, 15) is 9.90 Å². The highest BCUT2D eigenvalue weighted by Crippen LogP contribution is 2.31. The van der Waals surface area contributed by atoms with Crippen molar-refractivity contribution in [2.45, 2.75) is 26.2 Å². The number of carbonyl (C=O) groups excluding carboxylic acids is 1. The summed E-state index contributed by atoms with van der Waals surface area (Å²) in [7, 11) is 0. The van der Waals surface area contributed by atoms with Gasteiger partial charge in [-0.05, 0) is 35.2 Å². The van der Waals surface area contributed by atoms with Crippen LogP contribution in [0.1, 0.15) is 36.9 Å². The van der Waals surface area contributed by atoms with Crippen LogP contribution in [-0.2, 0) is 5.41 Å².